The van der Waals surface area contributed by atoms with Gasteiger partial charge in [-0.2, -0.15) is 0 Å². The average molecular weight is 454 g/mol. The molecule has 1 fully saturated rings. The van der Waals surface area contributed by atoms with Crippen LogP contribution in [0, 0.1) is 0 Å². The third kappa shape index (κ3) is 5.41. The highest BCUT2D eigenvalue weighted by Crippen LogP contribution is 2.28. The maximum atomic E-state index is 12.8. The van der Waals surface area contributed by atoms with Crippen molar-refractivity contribution < 1.29 is 14.3 Å². The number of morpholine rings is 1. The highest BCUT2D eigenvalue weighted by atomic mass is 32.2. The van der Waals surface area contributed by atoms with Gasteiger partial charge in [-0.1, -0.05) is 42.1 Å². The van der Waals surface area contributed by atoms with E-state index in [2.05, 4.69) is 37.1 Å². The Morgan fingerprint density at radius 3 is 2.53 bits per heavy atom. The van der Waals surface area contributed by atoms with Crippen LogP contribution in [0.3, 0.4) is 0 Å². The third-order valence-electron chi connectivity index (χ3n) is 5.18. The summed E-state index contributed by atoms with van der Waals surface area (Å²) in [5, 5.41) is 12.2. The number of hydrogen-bond acceptors (Lipinski definition) is 7. The van der Waals surface area contributed by atoms with Crippen LogP contribution in [0.1, 0.15) is 12.5 Å². The van der Waals surface area contributed by atoms with Gasteiger partial charge in [-0.25, -0.2) is 0 Å². The monoisotopic (exact) mass is 453 g/mol. The summed E-state index contributed by atoms with van der Waals surface area (Å²) in [5.74, 6) is 1.46. The topological polar surface area (TPSA) is 81.5 Å². The Labute approximate surface area is 191 Å². The number of hydrogen-bond donors (Lipinski definition) is 1. The van der Waals surface area contributed by atoms with Gasteiger partial charge in [0.15, 0.2) is 5.16 Å². The largest absolute Gasteiger partial charge is 0.497 e. The van der Waals surface area contributed by atoms with Crippen molar-refractivity contribution in [2.75, 3.05) is 43.6 Å². The minimum atomic E-state index is -0.353. The summed E-state index contributed by atoms with van der Waals surface area (Å²) in [4.78, 5) is 15.0. The van der Waals surface area contributed by atoms with Crippen LogP contribution in [-0.2, 0) is 16.1 Å². The number of nitrogens with zero attached hydrogens (tertiary/aromatic N) is 4. The van der Waals surface area contributed by atoms with Gasteiger partial charge in [0.2, 0.25) is 11.9 Å². The molecule has 1 saturated heterocycles. The highest BCUT2D eigenvalue weighted by Gasteiger charge is 2.24. The molecule has 3 aromatic rings. The lowest BCUT2D eigenvalue weighted by molar-refractivity contribution is -0.115. The van der Waals surface area contributed by atoms with Crippen LogP contribution in [0.5, 0.6) is 5.75 Å². The molecule has 1 aliphatic rings. The van der Waals surface area contributed by atoms with Gasteiger partial charge in [0, 0.05) is 18.8 Å². The Bertz CT molecular complexity index is 1020. The number of thioether (sulfide) groups is 1. The fourth-order valence-electron chi connectivity index (χ4n) is 3.40. The van der Waals surface area contributed by atoms with Crippen LogP contribution < -0.4 is 15.0 Å². The maximum absolute atomic E-state index is 12.8. The van der Waals surface area contributed by atoms with Gasteiger partial charge >= 0.3 is 0 Å². The molecule has 9 heteroatoms. The van der Waals surface area contributed by atoms with Gasteiger partial charge < -0.3 is 19.7 Å². The first-order chi connectivity index (χ1) is 15.6. The quantitative estimate of drug-likeness (QED) is 0.524. The van der Waals surface area contributed by atoms with Crippen molar-refractivity contribution in [2.24, 2.45) is 0 Å². The second kappa shape index (κ2) is 10.5. The number of methoxy groups -OCH3 is 1. The SMILES string of the molecule is COc1ccc(NC(=O)C(C)Sc2nnc(N3CCOCC3)n2Cc2ccccc2)cc1. The van der Waals surface area contributed by atoms with Crippen molar-refractivity contribution in [1.29, 1.82) is 0 Å². The molecule has 1 aliphatic heterocycles. The van der Waals surface area contributed by atoms with E-state index in [1.165, 1.54) is 11.8 Å². The summed E-state index contributed by atoms with van der Waals surface area (Å²) < 4.78 is 12.7. The lowest BCUT2D eigenvalue weighted by atomic mass is 10.2. The summed E-state index contributed by atoms with van der Waals surface area (Å²) in [5.41, 5.74) is 1.88. The molecule has 32 heavy (non-hydrogen) atoms. The van der Waals surface area contributed by atoms with Crippen molar-refractivity contribution in [3.05, 3.63) is 60.2 Å². The van der Waals surface area contributed by atoms with Crippen molar-refractivity contribution in [3.8, 4) is 5.75 Å². The van der Waals surface area contributed by atoms with Crippen molar-refractivity contribution in [2.45, 2.75) is 23.9 Å². The van der Waals surface area contributed by atoms with Crippen molar-refractivity contribution >= 4 is 29.3 Å². The molecule has 8 nitrogen and oxygen atoms in total. The van der Waals surface area contributed by atoms with E-state index in [1.54, 1.807) is 7.11 Å². The zero-order valence-corrected chi connectivity index (χ0v) is 19.0. The molecule has 2 aromatic carbocycles. The lowest BCUT2D eigenvalue weighted by Gasteiger charge is -2.28. The van der Waals surface area contributed by atoms with E-state index >= 15 is 0 Å². The number of carbonyl (C=O) groups is 1. The van der Waals surface area contributed by atoms with Crippen molar-refractivity contribution in [3.63, 3.8) is 0 Å². The smallest absolute Gasteiger partial charge is 0.237 e. The number of anilines is 2. The fraction of sp³-hybridized carbons (Fsp3) is 0.348. The predicted octanol–water partition coefficient (Wildman–Crippen LogP) is 3.29. The summed E-state index contributed by atoms with van der Waals surface area (Å²) in [7, 11) is 1.61. The number of carbonyl (C=O) groups excluding carboxylic acids is 1. The Morgan fingerprint density at radius 1 is 1.12 bits per heavy atom. The van der Waals surface area contributed by atoms with E-state index in [4.69, 9.17) is 9.47 Å². The normalized spacial score (nSPS) is 14.8. The molecule has 0 saturated carbocycles. The predicted molar refractivity (Wildman–Crippen MR) is 126 cm³/mol. The zero-order chi connectivity index (χ0) is 22.3. The van der Waals surface area contributed by atoms with Crippen LogP contribution in [-0.4, -0.2) is 59.3 Å². The van der Waals surface area contributed by atoms with Gasteiger partial charge in [-0.3, -0.25) is 9.36 Å². The van der Waals surface area contributed by atoms with Crippen LogP contribution in [0.25, 0.3) is 0 Å². The molecule has 4 rings (SSSR count). The van der Waals surface area contributed by atoms with Gasteiger partial charge in [-0.15, -0.1) is 10.2 Å². The molecule has 1 N–H and O–H groups in total. The summed E-state index contributed by atoms with van der Waals surface area (Å²) in [6.45, 7) is 5.38. The number of amides is 1. The molecule has 0 spiro atoms. The minimum absolute atomic E-state index is 0.0950. The molecule has 0 radical (unpaired) electrons. The summed E-state index contributed by atoms with van der Waals surface area (Å²) >= 11 is 1.40. The first-order valence-electron chi connectivity index (χ1n) is 10.6. The van der Waals surface area contributed by atoms with Crippen LogP contribution >= 0.6 is 11.8 Å². The van der Waals surface area contributed by atoms with Crippen LogP contribution in [0.4, 0.5) is 11.6 Å². The Balaban J connectivity index is 1.50. The number of aromatic nitrogens is 3. The molecular weight excluding hydrogens is 426 g/mol. The van der Waals surface area contributed by atoms with E-state index < -0.39 is 0 Å². The van der Waals surface area contributed by atoms with E-state index in [-0.39, 0.29) is 11.2 Å². The Kier molecular flexibility index (Phi) is 7.28. The number of nitrogens with one attached hydrogen (secondary N) is 1. The number of rotatable bonds is 8. The Morgan fingerprint density at radius 2 is 1.84 bits per heavy atom. The molecule has 1 amide bonds. The van der Waals surface area contributed by atoms with Gasteiger partial charge in [0.25, 0.3) is 0 Å². The molecular formula is C23H27N5O3S. The van der Waals surface area contributed by atoms with E-state index in [0.717, 1.165) is 36.0 Å². The zero-order valence-electron chi connectivity index (χ0n) is 18.2. The van der Waals surface area contributed by atoms with Crippen LogP contribution in [0.2, 0.25) is 0 Å². The third-order valence-corrected chi connectivity index (χ3v) is 6.26. The minimum Gasteiger partial charge on any atom is -0.497 e. The van der Waals surface area contributed by atoms with Gasteiger partial charge in [0.05, 0.1) is 32.1 Å². The maximum Gasteiger partial charge on any atom is 0.237 e. The molecule has 0 aliphatic carbocycles. The number of benzene rings is 2. The summed E-state index contributed by atoms with van der Waals surface area (Å²) in [6.07, 6.45) is 0. The second-order valence-corrected chi connectivity index (χ2v) is 8.74. The van der Waals surface area contributed by atoms with E-state index in [0.29, 0.717) is 24.9 Å². The Hall–Kier alpha value is -3.04. The van der Waals surface area contributed by atoms with Crippen molar-refractivity contribution in [1.82, 2.24) is 14.8 Å². The van der Waals surface area contributed by atoms with Gasteiger partial charge in [-0.05, 0) is 36.8 Å². The standard InChI is InChI=1S/C23H27N5O3S/c1-17(21(29)24-19-8-10-20(30-2)11-9-19)32-23-26-25-22(27-12-14-31-15-13-27)28(23)16-18-6-4-3-5-7-18/h3-11,17H,12-16H2,1-2H3,(H,24,29). The van der Waals surface area contributed by atoms with E-state index in [9.17, 15) is 4.79 Å². The fourth-order valence-corrected chi connectivity index (χ4v) is 4.24. The molecule has 168 valence electrons. The second-order valence-electron chi connectivity index (χ2n) is 7.43. The average Bonchev–Trinajstić information content (AvgIpc) is 3.22. The molecule has 1 atom stereocenters. The molecule has 2 heterocycles. The first kappa shape index (κ1) is 22.2. The lowest BCUT2D eigenvalue weighted by Crippen LogP contribution is -2.38. The molecule has 1 unspecified atom stereocenters. The number of ether oxygens (including phenoxy) is 2. The van der Waals surface area contributed by atoms with Gasteiger partial charge in [0.1, 0.15) is 5.75 Å². The summed E-state index contributed by atoms with van der Waals surface area (Å²) in [6, 6.07) is 17.5. The molecule has 0 bridgehead atoms. The highest BCUT2D eigenvalue weighted by molar-refractivity contribution is 8.00. The first-order valence-corrected chi connectivity index (χ1v) is 11.4. The molecule has 1 aromatic heterocycles. The van der Waals surface area contributed by atoms with E-state index in [1.807, 2.05) is 49.4 Å². The van der Waals surface area contributed by atoms with Crippen LogP contribution in [0.15, 0.2) is 59.8 Å².